The van der Waals surface area contributed by atoms with Crippen molar-refractivity contribution in [3.8, 4) is 0 Å². The monoisotopic (exact) mass is 260 g/mol. The van der Waals surface area contributed by atoms with Gasteiger partial charge in [0.05, 0.1) is 0 Å². The Balaban J connectivity index is 2.03. The third-order valence-electron chi connectivity index (χ3n) is 4.57. The summed E-state index contributed by atoms with van der Waals surface area (Å²) in [5.41, 5.74) is 3.25. The van der Waals surface area contributed by atoms with Crippen molar-refractivity contribution >= 4 is 5.69 Å². The van der Waals surface area contributed by atoms with E-state index in [2.05, 4.69) is 55.5 Å². The fourth-order valence-corrected chi connectivity index (χ4v) is 3.47. The van der Waals surface area contributed by atoms with Crippen molar-refractivity contribution in [2.75, 3.05) is 32.1 Å². The molecule has 1 saturated carbocycles. The average molecular weight is 260 g/mol. The van der Waals surface area contributed by atoms with Gasteiger partial charge in [-0.05, 0) is 44.0 Å². The SMILES string of the molecule is CCc1ccc(N(C)CC2(CNC)CCCC2)cc1. The Kier molecular flexibility index (Phi) is 4.87. The van der Waals surface area contributed by atoms with Gasteiger partial charge in [0.2, 0.25) is 0 Å². The zero-order chi connectivity index (χ0) is 13.7. The molecule has 0 amide bonds. The Hall–Kier alpha value is -1.02. The first kappa shape index (κ1) is 14.4. The highest BCUT2D eigenvalue weighted by Gasteiger charge is 2.34. The molecule has 0 unspecified atom stereocenters. The fraction of sp³-hybridized carbons (Fsp3) is 0.647. The number of nitrogens with zero attached hydrogens (tertiary/aromatic N) is 1. The highest BCUT2D eigenvalue weighted by molar-refractivity contribution is 5.47. The van der Waals surface area contributed by atoms with Crippen LogP contribution in [0.15, 0.2) is 24.3 Å². The van der Waals surface area contributed by atoms with E-state index in [4.69, 9.17) is 0 Å². The molecule has 1 aromatic rings. The molecule has 1 aliphatic carbocycles. The summed E-state index contributed by atoms with van der Waals surface area (Å²) in [6.45, 7) is 4.52. The summed E-state index contributed by atoms with van der Waals surface area (Å²) in [5.74, 6) is 0. The average Bonchev–Trinajstić information content (AvgIpc) is 2.87. The predicted octanol–water partition coefficient (Wildman–Crippen LogP) is 3.47. The lowest BCUT2D eigenvalue weighted by atomic mass is 9.85. The quantitative estimate of drug-likeness (QED) is 0.842. The molecule has 0 radical (unpaired) electrons. The Bertz CT molecular complexity index is 377. The van der Waals surface area contributed by atoms with Gasteiger partial charge in [0.1, 0.15) is 0 Å². The first-order chi connectivity index (χ1) is 9.19. The normalized spacial score (nSPS) is 17.6. The van der Waals surface area contributed by atoms with E-state index < -0.39 is 0 Å². The lowest BCUT2D eigenvalue weighted by molar-refractivity contribution is 0.295. The van der Waals surface area contributed by atoms with Gasteiger partial charge in [0.25, 0.3) is 0 Å². The van der Waals surface area contributed by atoms with Gasteiger partial charge in [-0.25, -0.2) is 0 Å². The second-order valence-electron chi connectivity index (χ2n) is 6.11. The van der Waals surface area contributed by atoms with Crippen molar-refractivity contribution < 1.29 is 0 Å². The third kappa shape index (κ3) is 3.50. The number of benzene rings is 1. The van der Waals surface area contributed by atoms with Gasteiger partial charge in [-0.2, -0.15) is 0 Å². The lowest BCUT2D eigenvalue weighted by Gasteiger charge is -2.34. The first-order valence-corrected chi connectivity index (χ1v) is 7.64. The Morgan fingerprint density at radius 3 is 2.32 bits per heavy atom. The summed E-state index contributed by atoms with van der Waals surface area (Å²) in [5, 5.41) is 3.40. The van der Waals surface area contributed by atoms with Crippen LogP contribution >= 0.6 is 0 Å². The van der Waals surface area contributed by atoms with Crippen LogP contribution in [-0.2, 0) is 6.42 Å². The zero-order valence-electron chi connectivity index (χ0n) is 12.7. The largest absolute Gasteiger partial charge is 0.374 e. The van der Waals surface area contributed by atoms with Crippen molar-refractivity contribution in [1.29, 1.82) is 0 Å². The predicted molar refractivity (Wildman–Crippen MR) is 83.9 cm³/mol. The molecule has 106 valence electrons. The Morgan fingerprint density at radius 2 is 1.79 bits per heavy atom. The number of anilines is 1. The minimum atomic E-state index is 0.479. The van der Waals surface area contributed by atoms with Crippen molar-refractivity contribution in [1.82, 2.24) is 5.32 Å². The van der Waals surface area contributed by atoms with Gasteiger partial charge < -0.3 is 10.2 Å². The molecular formula is C17H28N2. The first-order valence-electron chi connectivity index (χ1n) is 7.64. The summed E-state index contributed by atoms with van der Waals surface area (Å²) >= 11 is 0. The van der Waals surface area contributed by atoms with Gasteiger partial charge in [-0.3, -0.25) is 0 Å². The molecule has 1 N–H and O–H groups in total. The molecule has 1 aromatic carbocycles. The van der Waals surface area contributed by atoms with E-state index in [0.717, 1.165) is 13.0 Å². The molecule has 0 bridgehead atoms. The second kappa shape index (κ2) is 6.42. The molecule has 2 rings (SSSR count). The Morgan fingerprint density at radius 1 is 1.16 bits per heavy atom. The van der Waals surface area contributed by atoms with Crippen molar-refractivity contribution in [2.24, 2.45) is 5.41 Å². The summed E-state index contributed by atoms with van der Waals surface area (Å²) < 4.78 is 0. The van der Waals surface area contributed by atoms with E-state index in [1.165, 1.54) is 43.5 Å². The van der Waals surface area contributed by atoms with Crippen molar-refractivity contribution in [3.63, 3.8) is 0 Å². The van der Waals surface area contributed by atoms with Gasteiger partial charge >= 0.3 is 0 Å². The zero-order valence-corrected chi connectivity index (χ0v) is 12.7. The van der Waals surface area contributed by atoms with E-state index >= 15 is 0 Å². The molecule has 1 aliphatic rings. The van der Waals surface area contributed by atoms with Gasteiger partial charge in [0.15, 0.2) is 0 Å². The van der Waals surface area contributed by atoms with Gasteiger partial charge in [-0.1, -0.05) is 31.9 Å². The maximum Gasteiger partial charge on any atom is 0.0363 e. The summed E-state index contributed by atoms with van der Waals surface area (Å²) in [7, 11) is 4.31. The topological polar surface area (TPSA) is 15.3 Å². The van der Waals surface area contributed by atoms with Gasteiger partial charge in [0, 0.05) is 31.2 Å². The van der Waals surface area contributed by atoms with Crippen molar-refractivity contribution in [3.05, 3.63) is 29.8 Å². The number of nitrogens with one attached hydrogen (secondary N) is 1. The molecule has 0 atom stereocenters. The lowest BCUT2D eigenvalue weighted by Crippen LogP contribution is -2.40. The van der Waals surface area contributed by atoms with Crippen LogP contribution in [0.4, 0.5) is 5.69 Å². The van der Waals surface area contributed by atoms with Crippen LogP contribution in [-0.4, -0.2) is 27.2 Å². The number of hydrogen-bond acceptors (Lipinski definition) is 2. The van der Waals surface area contributed by atoms with Crippen LogP contribution < -0.4 is 10.2 Å². The van der Waals surface area contributed by atoms with E-state index in [-0.39, 0.29) is 0 Å². The molecule has 0 aliphatic heterocycles. The molecule has 19 heavy (non-hydrogen) atoms. The van der Waals surface area contributed by atoms with Crippen molar-refractivity contribution in [2.45, 2.75) is 39.0 Å². The van der Waals surface area contributed by atoms with E-state index in [1.807, 2.05) is 0 Å². The minimum Gasteiger partial charge on any atom is -0.374 e. The molecule has 0 spiro atoms. The molecular weight excluding hydrogens is 232 g/mol. The summed E-state index contributed by atoms with van der Waals surface area (Å²) in [6.07, 6.45) is 6.64. The summed E-state index contributed by atoms with van der Waals surface area (Å²) in [4.78, 5) is 2.43. The summed E-state index contributed by atoms with van der Waals surface area (Å²) in [6, 6.07) is 9.04. The van der Waals surface area contributed by atoms with Crippen LogP contribution in [0.1, 0.15) is 38.2 Å². The molecule has 0 aromatic heterocycles. The third-order valence-corrected chi connectivity index (χ3v) is 4.57. The molecule has 2 nitrogen and oxygen atoms in total. The number of hydrogen-bond donors (Lipinski definition) is 1. The van der Waals surface area contributed by atoms with Crippen LogP contribution in [0.25, 0.3) is 0 Å². The van der Waals surface area contributed by atoms with Crippen LogP contribution in [0.2, 0.25) is 0 Å². The maximum absolute atomic E-state index is 3.40. The van der Waals surface area contributed by atoms with E-state index in [0.29, 0.717) is 5.41 Å². The molecule has 0 heterocycles. The standard InChI is InChI=1S/C17H28N2/c1-4-15-7-9-16(10-8-15)19(3)14-17(13-18-2)11-5-6-12-17/h7-10,18H,4-6,11-14H2,1-3H3. The minimum absolute atomic E-state index is 0.479. The number of rotatable bonds is 6. The van der Waals surface area contributed by atoms with E-state index in [1.54, 1.807) is 0 Å². The fourth-order valence-electron chi connectivity index (χ4n) is 3.47. The van der Waals surface area contributed by atoms with Crippen LogP contribution in [0.3, 0.4) is 0 Å². The highest BCUT2D eigenvalue weighted by atomic mass is 15.1. The van der Waals surface area contributed by atoms with Gasteiger partial charge in [-0.15, -0.1) is 0 Å². The smallest absolute Gasteiger partial charge is 0.0363 e. The van der Waals surface area contributed by atoms with E-state index in [9.17, 15) is 0 Å². The second-order valence-corrected chi connectivity index (χ2v) is 6.11. The number of aryl methyl sites for hydroxylation is 1. The Labute approximate surface area is 118 Å². The van der Waals surface area contributed by atoms with Crippen LogP contribution in [0, 0.1) is 5.41 Å². The maximum atomic E-state index is 3.40. The molecule has 0 saturated heterocycles. The molecule has 1 fully saturated rings. The highest BCUT2D eigenvalue weighted by Crippen LogP contribution is 2.38. The van der Waals surface area contributed by atoms with Crippen LogP contribution in [0.5, 0.6) is 0 Å². The molecule has 2 heteroatoms.